The molecule has 1 saturated heterocycles. The van der Waals surface area contributed by atoms with E-state index in [1.807, 2.05) is 19.3 Å². The molecule has 1 fully saturated rings. The largest absolute Gasteiger partial charge is 0.354 e. The van der Waals surface area contributed by atoms with Crippen LogP contribution in [0.2, 0.25) is 0 Å². The highest BCUT2D eigenvalue weighted by Crippen LogP contribution is 2.29. The SMILES string of the molecule is CCS(=O)(=O)N1CC[C@@H](C)[C@@H](N(C)c2ncnc3[nH]ccc23)C1. The molecule has 0 aromatic carbocycles. The Kier molecular flexibility index (Phi) is 4.29. The van der Waals surface area contributed by atoms with Crippen molar-refractivity contribution in [1.82, 2.24) is 19.3 Å². The van der Waals surface area contributed by atoms with Gasteiger partial charge in [0.2, 0.25) is 10.0 Å². The third-order valence-corrected chi connectivity index (χ3v) is 6.65. The van der Waals surface area contributed by atoms with E-state index in [4.69, 9.17) is 0 Å². The molecule has 0 spiro atoms. The van der Waals surface area contributed by atoms with Gasteiger partial charge in [-0.15, -0.1) is 0 Å². The Labute approximate surface area is 136 Å². The van der Waals surface area contributed by atoms with Crippen molar-refractivity contribution >= 4 is 26.9 Å². The van der Waals surface area contributed by atoms with Crippen LogP contribution in [0.25, 0.3) is 11.0 Å². The summed E-state index contributed by atoms with van der Waals surface area (Å²) < 4.78 is 26.0. The van der Waals surface area contributed by atoms with E-state index in [-0.39, 0.29) is 11.8 Å². The average Bonchev–Trinajstić information content (AvgIpc) is 3.03. The van der Waals surface area contributed by atoms with E-state index in [9.17, 15) is 8.42 Å². The summed E-state index contributed by atoms with van der Waals surface area (Å²) in [7, 11) is -1.17. The average molecular weight is 337 g/mol. The van der Waals surface area contributed by atoms with Crippen molar-refractivity contribution in [1.29, 1.82) is 0 Å². The number of aromatic amines is 1. The number of rotatable bonds is 4. The lowest BCUT2D eigenvalue weighted by atomic mass is 9.93. The van der Waals surface area contributed by atoms with Crippen molar-refractivity contribution < 1.29 is 8.42 Å². The lowest BCUT2D eigenvalue weighted by molar-refractivity contribution is 0.247. The van der Waals surface area contributed by atoms with Gasteiger partial charge < -0.3 is 9.88 Å². The molecule has 8 heteroatoms. The number of sulfonamides is 1. The van der Waals surface area contributed by atoms with E-state index >= 15 is 0 Å². The molecule has 3 rings (SSSR count). The van der Waals surface area contributed by atoms with E-state index in [2.05, 4.69) is 26.8 Å². The quantitative estimate of drug-likeness (QED) is 0.913. The van der Waals surface area contributed by atoms with Gasteiger partial charge in [-0.1, -0.05) is 6.92 Å². The minimum absolute atomic E-state index is 0.0954. The topological polar surface area (TPSA) is 82.2 Å². The van der Waals surface area contributed by atoms with E-state index in [1.165, 1.54) is 0 Å². The minimum Gasteiger partial charge on any atom is -0.354 e. The molecule has 3 heterocycles. The molecular formula is C15H23N5O2S. The fourth-order valence-electron chi connectivity index (χ4n) is 3.26. The lowest BCUT2D eigenvalue weighted by Gasteiger charge is -2.41. The minimum atomic E-state index is -3.16. The summed E-state index contributed by atoms with van der Waals surface area (Å²) in [6.45, 7) is 4.97. The Hall–Kier alpha value is -1.67. The summed E-state index contributed by atoms with van der Waals surface area (Å²) in [6.07, 6.45) is 4.24. The molecule has 0 saturated carbocycles. The van der Waals surface area contributed by atoms with Gasteiger partial charge in [0.15, 0.2) is 0 Å². The Bertz CT molecular complexity index is 788. The first-order chi connectivity index (χ1) is 10.9. The third-order valence-electron chi connectivity index (χ3n) is 4.80. The number of H-pyrrole nitrogens is 1. The second-order valence-electron chi connectivity index (χ2n) is 6.14. The molecule has 0 amide bonds. The smallest absolute Gasteiger partial charge is 0.213 e. The number of hydrogen-bond donors (Lipinski definition) is 1. The van der Waals surface area contributed by atoms with Crippen LogP contribution in [-0.4, -0.2) is 59.6 Å². The van der Waals surface area contributed by atoms with Gasteiger partial charge in [0.25, 0.3) is 0 Å². The highest BCUT2D eigenvalue weighted by atomic mass is 32.2. The fraction of sp³-hybridized carbons (Fsp3) is 0.600. The van der Waals surface area contributed by atoms with Gasteiger partial charge in [-0.3, -0.25) is 0 Å². The van der Waals surface area contributed by atoms with Gasteiger partial charge in [-0.25, -0.2) is 18.4 Å². The molecule has 0 aliphatic carbocycles. The molecule has 2 aromatic heterocycles. The molecule has 1 N–H and O–H groups in total. The highest BCUT2D eigenvalue weighted by molar-refractivity contribution is 7.89. The maximum Gasteiger partial charge on any atom is 0.213 e. The molecule has 1 aliphatic heterocycles. The number of piperidine rings is 1. The third kappa shape index (κ3) is 2.92. The number of aromatic nitrogens is 3. The van der Waals surface area contributed by atoms with Crippen LogP contribution in [-0.2, 0) is 10.0 Å². The van der Waals surface area contributed by atoms with Crippen LogP contribution in [0.1, 0.15) is 20.3 Å². The molecule has 2 aromatic rings. The lowest BCUT2D eigenvalue weighted by Crippen LogP contribution is -2.53. The van der Waals surface area contributed by atoms with Crippen LogP contribution < -0.4 is 4.90 Å². The summed E-state index contributed by atoms with van der Waals surface area (Å²) in [5, 5.41) is 0.956. The zero-order chi connectivity index (χ0) is 16.6. The number of likely N-dealkylation sites (N-methyl/N-ethyl adjacent to an activating group) is 1. The first-order valence-electron chi connectivity index (χ1n) is 7.92. The normalized spacial score (nSPS) is 23.3. The van der Waals surface area contributed by atoms with Crippen molar-refractivity contribution in [2.24, 2.45) is 5.92 Å². The predicted molar refractivity (Wildman–Crippen MR) is 90.9 cm³/mol. The van der Waals surface area contributed by atoms with Crippen molar-refractivity contribution in [3.63, 3.8) is 0 Å². The molecule has 126 valence electrons. The first kappa shape index (κ1) is 16.2. The Morgan fingerprint density at radius 2 is 2.22 bits per heavy atom. The van der Waals surface area contributed by atoms with Crippen molar-refractivity contribution in [2.45, 2.75) is 26.3 Å². The molecule has 7 nitrogen and oxygen atoms in total. The molecule has 2 atom stereocenters. The van der Waals surface area contributed by atoms with Gasteiger partial charge in [0, 0.05) is 32.4 Å². The van der Waals surface area contributed by atoms with Gasteiger partial charge >= 0.3 is 0 Å². The van der Waals surface area contributed by atoms with E-state index in [0.29, 0.717) is 19.0 Å². The number of fused-ring (bicyclic) bond motifs is 1. The van der Waals surface area contributed by atoms with E-state index in [0.717, 1.165) is 23.3 Å². The van der Waals surface area contributed by atoms with E-state index in [1.54, 1.807) is 17.6 Å². The maximum absolute atomic E-state index is 12.2. The van der Waals surface area contributed by atoms with Gasteiger partial charge in [-0.2, -0.15) is 4.31 Å². The fourth-order valence-corrected chi connectivity index (χ4v) is 4.38. The second kappa shape index (κ2) is 6.09. The van der Waals surface area contributed by atoms with Crippen LogP contribution in [0, 0.1) is 5.92 Å². The molecule has 1 aliphatic rings. The summed E-state index contributed by atoms with van der Waals surface area (Å²) in [6, 6.07) is 2.05. The number of nitrogens with one attached hydrogen (secondary N) is 1. The summed E-state index contributed by atoms with van der Waals surface area (Å²) in [5.74, 6) is 1.38. The van der Waals surface area contributed by atoms with Gasteiger partial charge in [0.05, 0.1) is 11.1 Å². The Morgan fingerprint density at radius 1 is 1.43 bits per heavy atom. The van der Waals surface area contributed by atoms with Crippen LogP contribution in [0.3, 0.4) is 0 Å². The standard InChI is InChI=1S/C15H23N5O2S/c1-4-23(21,22)20-8-6-11(2)13(9-20)19(3)15-12-5-7-16-14(12)17-10-18-15/h5,7,10-11,13H,4,6,8-9H2,1-3H3,(H,16,17,18)/t11-,13+/m1/s1. The van der Waals surface area contributed by atoms with Crippen molar-refractivity contribution in [3.05, 3.63) is 18.6 Å². The number of anilines is 1. The molecule has 0 bridgehead atoms. The molecular weight excluding hydrogens is 314 g/mol. The summed E-state index contributed by atoms with van der Waals surface area (Å²) >= 11 is 0. The van der Waals surface area contributed by atoms with Gasteiger partial charge in [-0.05, 0) is 25.3 Å². The zero-order valence-electron chi connectivity index (χ0n) is 13.7. The van der Waals surface area contributed by atoms with E-state index < -0.39 is 10.0 Å². The summed E-state index contributed by atoms with van der Waals surface area (Å²) in [5.41, 5.74) is 0.795. The summed E-state index contributed by atoms with van der Waals surface area (Å²) in [4.78, 5) is 13.8. The van der Waals surface area contributed by atoms with Crippen LogP contribution >= 0.6 is 0 Å². The zero-order valence-corrected chi connectivity index (χ0v) is 14.5. The van der Waals surface area contributed by atoms with Crippen LogP contribution in [0.5, 0.6) is 0 Å². The van der Waals surface area contributed by atoms with Crippen LogP contribution in [0.15, 0.2) is 18.6 Å². The van der Waals surface area contributed by atoms with Crippen molar-refractivity contribution in [3.8, 4) is 0 Å². The monoisotopic (exact) mass is 337 g/mol. The first-order valence-corrected chi connectivity index (χ1v) is 9.53. The molecule has 0 radical (unpaired) electrons. The Balaban J connectivity index is 1.91. The highest BCUT2D eigenvalue weighted by Gasteiger charge is 2.35. The predicted octanol–water partition coefficient (Wildman–Crippen LogP) is 1.45. The second-order valence-corrected chi connectivity index (χ2v) is 8.40. The maximum atomic E-state index is 12.2. The Morgan fingerprint density at radius 3 is 2.96 bits per heavy atom. The van der Waals surface area contributed by atoms with Gasteiger partial charge in [0.1, 0.15) is 17.8 Å². The molecule has 23 heavy (non-hydrogen) atoms. The molecule has 0 unspecified atom stereocenters. The number of hydrogen-bond acceptors (Lipinski definition) is 5. The number of nitrogens with zero attached hydrogens (tertiary/aromatic N) is 4. The van der Waals surface area contributed by atoms with Crippen LogP contribution in [0.4, 0.5) is 5.82 Å². The van der Waals surface area contributed by atoms with Crippen molar-refractivity contribution in [2.75, 3.05) is 30.8 Å².